The third-order valence-electron chi connectivity index (χ3n) is 5.60. The van der Waals surface area contributed by atoms with Crippen molar-refractivity contribution in [3.63, 3.8) is 0 Å². The molecule has 180 valence electrons. The van der Waals surface area contributed by atoms with Crippen LogP contribution in [0.3, 0.4) is 0 Å². The lowest BCUT2D eigenvalue weighted by Crippen LogP contribution is -2.39. The van der Waals surface area contributed by atoms with E-state index in [1.807, 2.05) is 11.8 Å². The predicted octanol–water partition coefficient (Wildman–Crippen LogP) is 4.26. The third-order valence-corrected chi connectivity index (χ3v) is 5.60. The van der Waals surface area contributed by atoms with Crippen LogP contribution in [0.2, 0.25) is 0 Å². The number of hydrogen-bond acceptors (Lipinski definition) is 7. The van der Waals surface area contributed by atoms with E-state index in [4.69, 9.17) is 9.47 Å². The maximum Gasteiger partial charge on any atom is 0.407 e. The fourth-order valence-corrected chi connectivity index (χ4v) is 3.99. The number of aromatic nitrogens is 2. The number of carbonyl (C=O) groups excluding carboxylic acids is 1. The second-order valence-corrected chi connectivity index (χ2v) is 8.42. The molecule has 1 fully saturated rings. The van der Waals surface area contributed by atoms with E-state index in [-0.39, 0.29) is 23.7 Å². The Morgan fingerprint density at radius 2 is 2.12 bits per heavy atom. The van der Waals surface area contributed by atoms with Crippen LogP contribution in [0.5, 0.6) is 5.75 Å². The molecule has 0 aliphatic carbocycles. The molecule has 3 aromatic rings. The van der Waals surface area contributed by atoms with Crippen LogP contribution >= 0.6 is 0 Å². The molecule has 9 heteroatoms. The topological polar surface area (TPSA) is 96.8 Å². The number of carbonyl (C=O) groups is 1. The molecular weight excluding hydrogens is 439 g/mol. The number of rotatable bonds is 8. The molecule has 4 rings (SSSR count). The lowest BCUT2D eigenvalue weighted by atomic mass is 10.1. The van der Waals surface area contributed by atoms with Gasteiger partial charge in [0.25, 0.3) is 0 Å². The van der Waals surface area contributed by atoms with Gasteiger partial charge in [-0.15, -0.1) is 0 Å². The number of nitrogens with one attached hydrogen (secondary N) is 1. The molecule has 0 spiro atoms. The van der Waals surface area contributed by atoms with Crippen LogP contribution in [-0.2, 0) is 9.47 Å². The standard InChI is InChI=1S/C25H29FN4O4/c1-3-12-33-15-16(2)34-25(32)27-18-10-11-30(14-18)24-20-13-17(26)8-9-21(20)28-23(29-24)19-6-4-5-7-22(19)31/h4-9,13,16,18,31H,3,10-12,14-15H2,1-2H3,(H,27,32). The Labute approximate surface area is 197 Å². The van der Waals surface area contributed by atoms with E-state index in [1.165, 1.54) is 12.1 Å². The summed E-state index contributed by atoms with van der Waals surface area (Å²) < 4.78 is 24.9. The molecule has 34 heavy (non-hydrogen) atoms. The Balaban J connectivity index is 1.51. The van der Waals surface area contributed by atoms with Crippen molar-refractivity contribution in [1.82, 2.24) is 15.3 Å². The highest BCUT2D eigenvalue weighted by molar-refractivity contribution is 5.91. The van der Waals surface area contributed by atoms with Gasteiger partial charge in [0.1, 0.15) is 23.5 Å². The summed E-state index contributed by atoms with van der Waals surface area (Å²) >= 11 is 0. The lowest BCUT2D eigenvalue weighted by molar-refractivity contribution is 0.0279. The van der Waals surface area contributed by atoms with Gasteiger partial charge in [0.15, 0.2) is 5.82 Å². The number of phenolic OH excluding ortho intramolecular Hbond substituents is 1. The maximum absolute atomic E-state index is 14.1. The number of hydrogen-bond donors (Lipinski definition) is 2. The zero-order chi connectivity index (χ0) is 24.1. The Morgan fingerprint density at radius 3 is 2.91 bits per heavy atom. The smallest absolute Gasteiger partial charge is 0.407 e. The number of para-hydroxylation sites is 1. The molecule has 1 aliphatic rings. The molecule has 0 saturated carbocycles. The van der Waals surface area contributed by atoms with Crippen molar-refractivity contribution in [2.24, 2.45) is 0 Å². The highest BCUT2D eigenvalue weighted by Crippen LogP contribution is 2.33. The lowest BCUT2D eigenvalue weighted by Gasteiger charge is -2.21. The molecule has 1 aromatic heterocycles. The van der Waals surface area contributed by atoms with Crippen LogP contribution in [0.4, 0.5) is 15.0 Å². The Morgan fingerprint density at radius 1 is 1.29 bits per heavy atom. The Bertz CT molecular complexity index is 1160. The van der Waals surface area contributed by atoms with Crippen molar-refractivity contribution in [3.8, 4) is 17.1 Å². The molecule has 2 aromatic carbocycles. The first-order valence-corrected chi connectivity index (χ1v) is 11.5. The number of anilines is 1. The summed E-state index contributed by atoms with van der Waals surface area (Å²) in [7, 11) is 0. The molecule has 1 saturated heterocycles. The van der Waals surface area contributed by atoms with Crippen molar-refractivity contribution in [2.45, 2.75) is 38.8 Å². The SMILES string of the molecule is CCCOCC(C)OC(=O)NC1CCN(c2nc(-c3ccccc3O)nc3ccc(F)cc23)C1. The number of aromatic hydroxyl groups is 1. The molecule has 1 aliphatic heterocycles. The van der Waals surface area contributed by atoms with E-state index >= 15 is 0 Å². The number of halogens is 1. The summed E-state index contributed by atoms with van der Waals surface area (Å²) in [4.78, 5) is 23.5. The zero-order valence-electron chi connectivity index (χ0n) is 19.3. The largest absolute Gasteiger partial charge is 0.507 e. The molecule has 2 atom stereocenters. The average Bonchev–Trinajstić information content (AvgIpc) is 3.27. The number of fused-ring (bicyclic) bond motifs is 1. The number of phenols is 1. The Kier molecular flexibility index (Phi) is 7.42. The first kappa shape index (κ1) is 23.7. The summed E-state index contributed by atoms with van der Waals surface area (Å²) in [5.41, 5.74) is 1.06. The van der Waals surface area contributed by atoms with Gasteiger partial charge in [0.2, 0.25) is 0 Å². The molecular formula is C25H29FN4O4. The normalized spacial score (nSPS) is 16.6. The van der Waals surface area contributed by atoms with Crippen LogP contribution in [0.15, 0.2) is 42.5 Å². The second kappa shape index (κ2) is 10.6. The van der Waals surface area contributed by atoms with Crippen LogP contribution in [0.1, 0.15) is 26.7 Å². The van der Waals surface area contributed by atoms with Crippen molar-refractivity contribution >= 4 is 22.8 Å². The minimum absolute atomic E-state index is 0.0654. The van der Waals surface area contributed by atoms with Gasteiger partial charge in [-0.05, 0) is 50.1 Å². The van der Waals surface area contributed by atoms with Gasteiger partial charge in [-0.1, -0.05) is 19.1 Å². The van der Waals surface area contributed by atoms with E-state index in [0.29, 0.717) is 60.8 Å². The second-order valence-electron chi connectivity index (χ2n) is 8.42. The van der Waals surface area contributed by atoms with Gasteiger partial charge in [0, 0.05) is 25.1 Å². The van der Waals surface area contributed by atoms with E-state index < -0.39 is 6.09 Å². The molecule has 0 bridgehead atoms. The van der Waals surface area contributed by atoms with E-state index in [1.54, 1.807) is 37.3 Å². The van der Waals surface area contributed by atoms with Crippen LogP contribution < -0.4 is 10.2 Å². The fraction of sp³-hybridized carbons (Fsp3) is 0.400. The van der Waals surface area contributed by atoms with Crippen molar-refractivity contribution < 1.29 is 23.8 Å². The molecule has 2 N–H and O–H groups in total. The number of alkyl carbamates (subject to hydrolysis) is 1. The van der Waals surface area contributed by atoms with Crippen LogP contribution in [0.25, 0.3) is 22.3 Å². The highest BCUT2D eigenvalue weighted by Gasteiger charge is 2.28. The maximum atomic E-state index is 14.1. The first-order valence-electron chi connectivity index (χ1n) is 11.5. The van der Waals surface area contributed by atoms with Gasteiger partial charge in [0.05, 0.1) is 23.7 Å². The van der Waals surface area contributed by atoms with Gasteiger partial charge >= 0.3 is 6.09 Å². The minimum atomic E-state index is -0.493. The van der Waals surface area contributed by atoms with Gasteiger partial charge in [-0.25, -0.2) is 19.2 Å². The summed E-state index contributed by atoms with van der Waals surface area (Å²) in [5, 5.41) is 13.8. The molecule has 0 radical (unpaired) electrons. The van der Waals surface area contributed by atoms with Crippen molar-refractivity contribution in [1.29, 1.82) is 0 Å². The van der Waals surface area contributed by atoms with E-state index in [0.717, 1.165) is 6.42 Å². The summed E-state index contributed by atoms with van der Waals surface area (Å²) in [6, 6.07) is 11.0. The molecule has 2 heterocycles. The minimum Gasteiger partial charge on any atom is -0.507 e. The third kappa shape index (κ3) is 5.53. The van der Waals surface area contributed by atoms with E-state index in [9.17, 15) is 14.3 Å². The number of amides is 1. The monoisotopic (exact) mass is 468 g/mol. The quantitative estimate of drug-likeness (QED) is 0.477. The average molecular weight is 469 g/mol. The zero-order valence-corrected chi connectivity index (χ0v) is 19.3. The van der Waals surface area contributed by atoms with Gasteiger partial charge in [-0.2, -0.15) is 0 Å². The molecule has 8 nitrogen and oxygen atoms in total. The van der Waals surface area contributed by atoms with Gasteiger partial charge in [-0.3, -0.25) is 0 Å². The van der Waals surface area contributed by atoms with Crippen molar-refractivity contribution in [3.05, 3.63) is 48.3 Å². The number of benzene rings is 2. The van der Waals surface area contributed by atoms with Crippen LogP contribution in [0, 0.1) is 5.82 Å². The van der Waals surface area contributed by atoms with Crippen molar-refractivity contribution in [2.75, 3.05) is 31.2 Å². The van der Waals surface area contributed by atoms with Gasteiger partial charge < -0.3 is 24.8 Å². The van der Waals surface area contributed by atoms with E-state index in [2.05, 4.69) is 15.3 Å². The molecule has 1 amide bonds. The Hall–Kier alpha value is -3.46. The summed E-state index contributed by atoms with van der Waals surface area (Å²) in [6.07, 6.45) is 0.749. The number of nitrogens with zero attached hydrogens (tertiary/aromatic N) is 3. The first-order chi connectivity index (χ1) is 16.4. The van der Waals surface area contributed by atoms with Crippen LogP contribution in [-0.4, -0.2) is 59.6 Å². The summed E-state index contributed by atoms with van der Waals surface area (Å²) in [6.45, 7) is 5.89. The fourth-order valence-electron chi connectivity index (χ4n) is 3.99. The summed E-state index contributed by atoms with van der Waals surface area (Å²) in [5.74, 6) is 0.589. The molecule has 2 unspecified atom stereocenters. The number of ether oxygens (including phenoxy) is 2. The highest BCUT2D eigenvalue weighted by atomic mass is 19.1. The predicted molar refractivity (Wildman–Crippen MR) is 127 cm³/mol.